The van der Waals surface area contributed by atoms with Crippen molar-refractivity contribution in [3.8, 4) is 0 Å². The Hall–Kier alpha value is -0.810. The van der Waals surface area contributed by atoms with Gasteiger partial charge in [0.25, 0.3) is 0 Å². The molecule has 0 saturated heterocycles. The number of halogens is 2. The standard InChI is InChI=1S/C10H12Cl2N2O2/c11-7-2-1-6(8(12)3-7)4-14-10(16)9(13)5-15/h1-3,9,15H,4-5,13H2,(H,14,16). The van der Waals surface area contributed by atoms with Crippen molar-refractivity contribution in [2.24, 2.45) is 5.73 Å². The van der Waals surface area contributed by atoms with E-state index >= 15 is 0 Å². The Kier molecular flexibility index (Phi) is 5.02. The molecule has 16 heavy (non-hydrogen) atoms. The van der Waals surface area contributed by atoms with Gasteiger partial charge in [0.05, 0.1) is 6.61 Å². The van der Waals surface area contributed by atoms with Crippen molar-refractivity contribution in [1.82, 2.24) is 5.32 Å². The zero-order valence-electron chi connectivity index (χ0n) is 8.41. The van der Waals surface area contributed by atoms with E-state index in [9.17, 15) is 4.79 Å². The third kappa shape index (κ3) is 3.64. The van der Waals surface area contributed by atoms with Crippen LogP contribution in [0.15, 0.2) is 18.2 Å². The van der Waals surface area contributed by atoms with E-state index in [4.69, 9.17) is 34.0 Å². The van der Waals surface area contributed by atoms with Crippen molar-refractivity contribution < 1.29 is 9.90 Å². The van der Waals surface area contributed by atoms with Crippen LogP contribution in [0.25, 0.3) is 0 Å². The van der Waals surface area contributed by atoms with Gasteiger partial charge >= 0.3 is 0 Å². The fourth-order valence-electron chi connectivity index (χ4n) is 1.06. The highest BCUT2D eigenvalue weighted by Crippen LogP contribution is 2.20. The van der Waals surface area contributed by atoms with Crippen LogP contribution in [0.4, 0.5) is 0 Å². The second-order valence-corrected chi connectivity index (χ2v) is 4.09. The molecule has 0 aliphatic carbocycles. The molecule has 0 aliphatic rings. The third-order valence-electron chi connectivity index (χ3n) is 2.00. The van der Waals surface area contributed by atoms with Crippen molar-refractivity contribution in [2.45, 2.75) is 12.6 Å². The predicted molar refractivity (Wildman–Crippen MR) is 63.4 cm³/mol. The molecule has 1 atom stereocenters. The maximum Gasteiger partial charge on any atom is 0.239 e. The van der Waals surface area contributed by atoms with Gasteiger partial charge in [-0.25, -0.2) is 0 Å². The van der Waals surface area contributed by atoms with Gasteiger partial charge in [-0.2, -0.15) is 0 Å². The Balaban J connectivity index is 2.58. The molecule has 0 aliphatic heterocycles. The van der Waals surface area contributed by atoms with Crippen molar-refractivity contribution in [3.63, 3.8) is 0 Å². The lowest BCUT2D eigenvalue weighted by atomic mass is 10.2. The van der Waals surface area contributed by atoms with Crippen LogP contribution < -0.4 is 11.1 Å². The summed E-state index contributed by atoms with van der Waals surface area (Å²) in [5.74, 6) is -0.423. The van der Waals surface area contributed by atoms with Crippen LogP contribution >= 0.6 is 23.2 Å². The summed E-state index contributed by atoms with van der Waals surface area (Å²) < 4.78 is 0. The maximum absolute atomic E-state index is 11.3. The zero-order valence-corrected chi connectivity index (χ0v) is 9.92. The van der Waals surface area contributed by atoms with Gasteiger partial charge in [0.2, 0.25) is 5.91 Å². The van der Waals surface area contributed by atoms with Gasteiger partial charge in [0.15, 0.2) is 0 Å². The number of aliphatic hydroxyl groups excluding tert-OH is 1. The first-order valence-corrected chi connectivity index (χ1v) is 5.38. The molecule has 6 heteroatoms. The first kappa shape index (κ1) is 13.3. The Labute approximate surface area is 103 Å². The number of benzene rings is 1. The molecular weight excluding hydrogens is 251 g/mol. The van der Waals surface area contributed by atoms with E-state index in [1.807, 2.05) is 0 Å². The second-order valence-electron chi connectivity index (χ2n) is 3.24. The highest BCUT2D eigenvalue weighted by Gasteiger charge is 2.11. The lowest BCUT2D eigenvalue weighted by Crippen LogP contribution is -2.42. The minimum atomic E-state index is -0.911. The topological polar surface area (TPSA) is 75.3 Å². The van der Waals surface area contributed by atoms with Crippen LogP contribution in [0.5, 0.6) is 0 Å². The minimum Gasteiger partial charge on any atom is -0.394 e. The molecule has 1 aromatic rings. The number of hydrogen-bond acceptors (Lipinski definition) is 3. The summed E-state index contributed by atoms with van der Waals surface area (Å²) in [5.41, 5.74) is 6.07. The molecule has 0 bridgehead atoms. The Bertz CT molecular complexity index is 385. The molecule has 0 aromatic heterocycles. The van der Waals surface area contributed by atoms with E-state index in [-0.39, 0.29) is 13.2 Å². The molecule has 88 valence electrons. The Morgan fingerprint density at radius 1 is 1.50 bits per heavy atom. The minimum absolute atomic E-state index is 0.253. The van der Waals surface area contributed by atoms with Crippen LogP contribution in [0.1, 0.15) is 5.56 Å². The molecule has 4 N–H and O–H groups in total. The number of carbonyl (C=O) groups excluding carboxylic acids is 1. The molecule has 0 radical (unpaired) electrons. The first-order chi connectivity index (χ1) is 7.54. The van der Waals surface area contributed by atoms with Gasteiger partial charge in [-0.3, -0.25) is 4.79 Å². The van der Waals surface area contributed by atoms with Gasteiger partial charge in [-0.15, -0.1) is 0 Å². The van der Waals surface area contributed by atoms with Gasteiger partial charge in [0.1, 0.15) is 6.04 Å². The second kappa shape index (κ2) is 6.06. The van der Waals surface area contributed by atoms with Crippen LogP contribution in [-0.4, -0.2) is 23.7 Å². The largest absolute Gasteiger partial charge is 0.394 e. The van der Waals surface area contributed by atoms with Gasteiger partial charge in [-0.05, 0) is 17.7 Å². The molecule has 1 amide bonds. The summed E-state index contributed by atoms with van der Waals surface area (Å²) >= 11 is 11.6. The van der Waals surface area contributed by atoms with E-state index in [1.165, 1.54) is 0 Å². The van der Waals surface area contributed by atoms with Crippen LogP contribution in [0.2, 0.25) is 10.0 Å². The third-order valence-corrected chi connectivity index (χ3v) is 2.59. The van der Waals surface area contributed by atoms with Crippen LogP contribution in [0.3, 0.4) is 0 Å². The summed E-state index contributed by atoms with van der Waals surface area (Å²) in [5, 5.41) is 12.2. The number of aliphatic hydroxyl groups is 1. The number of amides is 1. The fourth-order valence-corrected chi connectivity index (χ4v) is 1.54. The summed E-state index contributed by atoms with van der Waals surface area (Å²) in [6, 6.07) is 4.08. The van der Waals surface area contributed by atoms with Crippen molar-refractivity contribution >= 4 is 29.1 Å². The van der Waals surface area contributed by atoms with E-state index < -0.39 is 11.9 Å². The monoisotopic (exact) mass is 262 g/mol. The maximum atomic E-state index is 11.3. The molecule has 0 saturated carbocycles. The smallest absolute Gasteiger partial charge is 0.239 e. The van der Waals surface area contributed by atoms with Gasteiger partial charge < -0.3 is 16.2 Å². The highest BCUT2D eigenvalue weighted by molar-refractivity contribution is 6.35. The number of carbonyl (C=O) groups is 1. The summed E-state index contributed by atoms with van der Waals surface area (Å²) in [4.78, 5) is 11.3. The molecule has 0 spiro atoms. The Morgan fingerprint density at radius 2 is 2.19 bits per heavy atom. The van der Waals surface area contributed by atoms with Crippen molar-refractivity contribution in [2.75, 3.05) is 6.61 Å². The molecule has 1 unspecified atom stereocenters. The van der Waals surface area contributed by atoms with Crippen molar-refractivity contribution in [3.05, 3.63) is 33.8 Å². The van der Waals surface area contributed by atoms with Gasteiger partial charge in [0, 0.05) is 16.6 Å². The molecule has 1 rings (SSSR count). The SMILES string of the molecule is NC(CO)C(=O)NCc1ccc(Cl)cc1Cl. The van der Waals surface area contributed by atoms with E-state index in [2.05, 4.69) is 5.32 Å². The summed E-state index contributed by atoms with van der Waals surface area (Å²) in [7, 11) is 0. The van der Waals surface area contributed by atoms with Crippen molar-refractivity contribution in [1.29, 1.82) is 0 Å². The number of nitrogens with one attached hydrogen (secondary N) is 1. The molecule has 1 aromatic carbocycles. The molecule has 4 nitrogen and oxygen atoms in total. The first-order valence-electron chi connectivity index (χ1n) is 4.62. The molecular formula is C10H12Cl2N2O2. The van der Waals surface area contributed by atoms with Crippen LogP contribution in [-0.2, 0) is 11.3 Å². The zero-order chi connectivity index (χ0) is 12.1. The molecule has 0 fully saturated rings. The average molecular weight is 263 g/mol. The summed E-state index contributed by atoms with van der Waals surface area (Å²) in [6.07, 6.45) is 0. The van der Waals surface area contributed by atoms with Crippen LogP contribution in [0, 0.1) is 0 Å². The summed E-state index contributed by atoms with van der Waals surface area (Å²) in [6.45, 7) is -0.136. The Morgan fingerprint density at radius 3 is 2.75 bits per heavy atom. The number of nitrogens with two attached hydrogens (primary N) is 1. The lowest BCUT2D eigenvalue weighted by Gasteiger charge is -2.10. The highest BCUT2D eigenvalue weighted by atomic mass is 35.5. The number of rotatable bonds is 4. The average Bonchev–Trinajstić information content (AvgIpc) is 2.26. The quantitative estimate of drug-likeness (QED) is 0.756. The fraction of sp³-hybridized carbons (Fsp3) is 0.300. The predicted octanol–water partition coefficient (Wildman–Crippen LogP) is 0.929. The van der Waals surface area contributed by atoms with E-state index in [0.717, 1.165) is 5.56 Å². The normalized spacial score (nSPS) is 12.2. The van der Waals surface area contributed by atoms with Gasteiger partial charge in [-0.1, -0.05) is 29.3 Å². The van der Waals surface area contributed by atoms with E-state index in [0.29, 0.717) is 10.0 Å². The lowest BCUT2D eigenvalue weighted by molar-refractivity contribution is -0.123. The number of hydrogen-bond donors (Lipinski definition) is 3. The molecule has 0 heterocycles. The van der Waals surface area contributed by atoms with E-state index in [1.54, 1.807) is 18.2 Å².